The average Bonchev–Trinajstić information content (AvgIpc) is 3.25. The molecule has 0 spiro atoms. The van der Waals surface area contributed by atoms with Crippen LogP contribution >= 0.6 is 0 Å². The molecule has 2 saturated heterocycles. The van der Waals surface area contributed by atoms with Gasteiger partial charge >= 0.3 is 12.1 Å². The van der Waals surface area contributed by atoms with Gasteiger partial charge < -0.3 is 14.4 Å². The van der Waals surface area contributed by atoms with Gasteiger partial charge in [0.15, 0.2) is 14.9 Å². The second-order valence-corrected chi connectivity index (χ2v) is 15.5. The lowest BCUT2D eigenvalue weighted by atomic mass is 9.95. The van der Waals surface area contributed by atoms with Crippen molar-refractivity contribution in [2.24, 2.45) is 5.92 Å². The Hall–Kier alpha value is -2.92. The van der Waals surface area contributed by atoms with Crippen molar-refractivity contribution in [2.75, 3.05) is 39.0 Å². The fraction of sp³-hybridized carbons (Fsp3) is 0.645. The molecule has 0 saturated carbocycles. The Balaban J connectivity index is 1.43. The van der Waals surface area contributed by atoms with Gasteiger partial charge in [0.25, 0.3) is 0 Å². The highest BCUT2D eigenvalue weighted by molar-refractivity contribution is 7.90. The molecule has 0 unspecified atom stereocenters. The van der Waals surface area contributed by atoms with Crippen LogP contribution in [0.2, 0.25) is 0 Å². The van der Waals surface area contributed by atoms with Gasteiger partial charge in [-0.25, -0.2) is 13.2 Å². The van der Waals surface area contributed by atoms with Gasteiger partial charge in [-0.05, 0) is 90.8 Å². The second kappa shape index (κ2) is 12.4. The summed E-state index contributed by atoms with van der Waals surface area (Å²) in [6.45, 7) is 14.1. The Morgan fingerprint density at radius 3 is 2.14 bits per heavy atom. The van der Waals surface area contributed by atoms with E-state index in [1.807, 2.05) is 70.5 Å². The summed E-state index contributed by atoms with van der Waals surface area (Å²) in [7, 11) is -3.55. The topological polar surface area (TPSA) is 111 Å². The number of sulfone groups is 1. The molecule has 11 heteroatoms. The van der Waals surface area contributed by atoms with Gasteiger partial charge in [-0.2, -0.15) is 5.10 Å². The standard InChI is InChI=1S/C31H46N4O6S/c1-30(2,3)40-27(36)21-33-16-14-24(15-17-33)35-26-11-10-23(20-25(26)28(32-35)42(7,38)39)9-8-22-12-18-34(19-13-22)29(37)41-31(4,5)6/h8-11,20,22,24H,12-19,21H2,1-7H3. The van der Waals surface area contributed by atoms with Crippen LogP contribution in [-0.2, 0) is 24.1 Å². The van der Waals surface area contributed by atoms with E-state index >= 15 is 0 Å². The lowest BCUT2D eigenvalue weighted by Gasteiger charge is -2.32. The fourth-order valence-corrected chi connectivity index (χ4v) is 6.31. The van der Waals surface area contributed by atoms with Gasteiger partial charge in [-0.3, -0.25) is 14.4 Å². The number of ether oxygens (including phenoxy) is 2. The molecule has 4 rings (SSSR count). The van der Waals surface area contributed by atoms with Crippen LogP contribution in [-0.4, -0.2) is 90.2 Å². The Morgan fingerprint density at radius 2 is 1.57 bits per heavy atom. The molecule has 0 atom stereocenters. The number of aromatic nitrogens is 2. The summed E-state index contributed by atoms with van der Waals surface area (Å²) in [5, 5.41) is 5.32. The van der Waals surface area contributed by atoms with E-state index in [-0.39, 0.29) is 29.7 Å². The molecule has 2 aliphatic heterocycles. The van der Waals surface area contributed by atoms with Crippen molar-refractivity contribution >= 4 is 38.9 Å². The van der Waals surface area contributed by atoms with Crippen molar-refractivity contribution in [2.45, 2.75) is 89.5 Å². The van der Waals surface area contributed by atoms with E-state index in [0.717, 1.165) is 36.8 Å². The number of allylic oxidation sites excluding steroid dienone is 1. The van der Waals surface area contributed by atoms with Crippen molar-refractivity contribution in [3.8, 4) is 0 Å². The first-order chi connectivity index (χ1) is 19.5. The highest BCUT2D eigenvalue weighted by Crippen LogP contribution is 2.31. The summed E-state index contributed by atoms with van der Waals surface area (Å²) in [6, 6.07) is 5.89. The van der Waals surface area contributed by atoms with E-state index < -0.39 is 21.0 Å². The summed E-state index contributed by atoms with van der Waals surface area (Å²) >= 11 is 0. The van der Waals surface area contributed by atoms with Crippen LogP contribution in [0.25, 0.3) is 17.0 Å². The molecule has 0 radical (unpaired) electrons. The quantitative estimate of drug-likeness (QED) is 0.421. The van der Waals surface area contributed by atoms with Gasteiger partial charge in [0.2, 0.25) is 0 Å². The number of carbonyl (C=O) groups is 2. The molecule has 2 aromatic rings. The number of piperidine rings is 2. The van der Waals surface area contributed by atoms with Crippen molar-refractivity contribution in [1.82, 2.24) is 19.6 Å². The lowest BCUT2D eigenvalue weighted by Crippen LogP contribution is -2.41. The normalized spacial score (nSPS) is 18.6. The third-order valence-electron chi connectivity index (χ3n) is 7.48. The number of rotatable bonds is 6. The van der Waals surface area contributed by atoms with E-state index in [2.05, 4.69) is 16.1 Å². The van der Waals surface area contributed by atoms with E-state index in [9.17, 15) is 18.0 Å². The first-order valence-electron chi connectivity index (χ1n) is 14.8. The number of amides is 1. The first kappa shape index (κ1) is 32.0. The summed E-state index contributed by atoms with van der Waals surface area (Å²) in [5.41, 5.74) is 0.681. The van der Waals surface area contributed by atoms with E-state index in [1.54, 1.807) is 4.90 Å². The third-order valence-corrected chi connectivity index (χ3v) is 8.48. The zero-order valence-corrected chi connectivity index (χ0v) is 26.9. The highest BCUT2D eigenvalue weighted by atomic mass is 32.2. The molecular weight excluding hydrogens is 556 g/mol. The van der Waals surface area contributed by atoms with Gasteiger partial charge in [0.05, 0.1) is 18.1 Å². The lowest BCUT2D eigenvalue weighted by molar-refractivity contribution is -0.156. The molecule has 1 aromatic heterocycles. The molecule has 232 valence electrons. The third kappa shape index (κ3) is 8.56. The van der Waals surface area contributed by atoms with Crippen LogP contribution in [0.15, 0.2) is 29.3 Å². The van der Waals surface area contributed by atoms with Crippen LogP contribution in [0.4, 0.5) is 4.79 Å². The van der Waals surface area contributed by atoms with Gasteiger partial charge in [-0.15, -0.1) is 0 Å². The molecule has 10 nitrogen and oxygen atoms in total. The Morgan fingerprint density at radius 1 is 0.952 bits per heavy atom. The average molecular weight is 603 g/mol. The molecule has 3 heterocycles. The molecule has 1 aromatic carbocycles. The summed E-state index contributed by atoms with van der Waals surface area (Å²) in [4.78, 5) is 28.5. The molecule has 0 aliphatic carbocycles. The number of benzene rings is 1. The highest BCUT2D eigenvalue weighted by Gasteiger charge is 2.29. The maximum Gasteiger partial charge on any atom is 0.410 e. The van der Waals surface area contributed by atoms with Crippen molar-refractivity contribution in [3.63, 3.8) is 0 Å². The number of hydrogen-bond acceptors (Lipinski definition) is 8. The van der Waals surface area contributed by atoms with Gasteiger partial charge in [0, 0.05) is 37.8 Å². The van der Waals surface area contributed by atoms with Gasteiger partial charge in [0.1, 0.15) is 11.2 Å². The Labute approximate surface area is 249 Å². The smallest absolute Gasteiger partial charge is 0.410 e. The van der Waals surface area contributed by atoms with Crippen molar-refractivity contribution in [1.29, 1.82) is 0 Å². The van der Waals surface area contributed by atoms with Crippen LogP contribution < -0.4 is 0 Å². The van der Waals surface area contributed by atoms with Crippen LogP contribution in [0, 0.1) is 5.92 Å². The maximum atomic E-state index is 12.7. The SMILES string of the molecule is CC(C)(C)OC(=O)CN1CCC(n2nc(S(C)(=O)=O)c3cc(C=CC4CCN(C(=O)OC(C)(C)C)CC4)ccc32)CC1. The Bertz CT molecular complexity index is 1420. The van der Waals surface area contributed by atoms with E-state index in [4.69, 9.17) is 9.47 Å². The minimum absolute atomic E-state index is 0.0365. The first-order valence-corrected chi connectivity index (χ1v) is 16.7. The van der Waals surface area contributed by atoms with E-state index in [1.165, 1.54) is 6.26 Å². The zero-order valence-electron chi connectivity index (χ0n) is 26.1. The van der Waals surface area contributed by atoms with Gasteiger partial charge in [-0.1, -0.05) is 18.2 Å². The molecule has 0 bridgehead atoms. The number of nitrogens with zero attached hydrogens (tertiary/aromatic N) is 4. The zero-order chi connectivity index (χ0) is 30.9. The van der Waals surface area contributed by atoms with Crippen LogP contribution in [0.3, 0.4) is 0 Å². The van der Waals surface area contributed by atoms with Crippen LogP contribution in [0.1, 0.15) is 78.8 Å². The van der Waals surface area contributed by atoms with Crippen molar-refractivity contribution < 1.29 is 27.5 Å². The summed E-state index contributed by atoms with van der Waals surface area (Å²) in [6.07, 6.45) is 8.32. The minimum Gasteiger partial charge on any atom is -0.459 e. The number of likely N-dealkylation sites (tertiary alicyclic amines) is 2. The predicted molar refractivity (Wildman–Crippen MR) is 163 cm³/mol. The summed E-state index contributed by atoms with van der Waals surface area (Å²) in [5.74, 6) is 0.0846. The van der Waals surface area contributed by atoms with Crippen LogP contribution in [0.5, 0.6) is 0 Å². The predicted octanol–water partition coefficient (Wildman–Crippen LogP) is 5.08. The molecule has 2 fully saturated rings. The number of fused-ring (bicyclic) bond motifs is 1. The largest absolute Gasteiger partial charge is 0.459 e. The fourth-order valence-electron chi connectivity index (χ4n) is 5.51. The van der Waals surface area contributed by atoms with Crippen molar-refractivity contribution in [3.05, 3.63) is 29.8 Å². The summed E-state index contributed by atoms with van der Waals surface area (Å²) < 4.78 is 38.3. The second-order valence-electron chi connectivity index (χ2n) is 13.6. The number of esters is 1. The molecular formula is C31H46N4O6S. The molecule has 1 amide bonds. The molecule has 0 N–H and O–H groups in total. The number of carbonyl (C=O) groups excluding carboxylic acids is 2. The molecule has 42 heavy (non-hydrogen) atoms. The van der Waals surface area contributed by atoms with E-state index in [0.29, 0.717) is 37.5 Å². The Kier molecular flexibility index (Phi) is 9.42. The minimum atomic E-state index is -3.55. The maximum absolute atomic E-state index is 12.7. The number of hydrogen-bond donors (Lipinski definition) is 0. The molecule has 2 aliphatic rings. The monoisotopic (exact) mass is 602 g/mol.